The van der Waals surface area contributed by atoms with Crippen molar-refractivity contribution >= 4 is 11.8 Å². The summed E-state index contributed by atoms with van der Waals surface area (Å²) in [6.07, 6.45) is 5.12. The summed E-state index contributed by atoms with van der Waals surface area (Å²) in [5, 5.41) is 0. The Labute approximate surface area is 197 Å². The lowest BCUT2D eigenvalue weighted by Crippen LogP contribution is -2.43. The second-order valence-electron chi connectivity index (χ2n) is 9.83. The summed E-state index contributed by atoms with van der Waals surface area (Å²) in [7, 11) is 1.80. The zero-order chi connectivity index (χ0) is 23.5. The van der Waals surface area contributed by atoms with Gasteiger partial charge in [-0.3, -0.25) is 9.59 Å². The van der Waals surface area contributed by atoms with Gasteiger partial charge in [0.2, 0.25) is 5.91 Å². The minimum absolute atomic E-state index is 0.00724. The van der Waals surface area contributed by atoms with Gasteiger partial charge in [0.05, 0.1) is 6.04 Å². The monoisotopic (exact) mass is 448 g/mol. The van der Waals surface area contributed by atoms with Crippen LogP contribution in [0.2, 0.25) is 0 Å². The highest BCUT2D eigenvalue weighted by Gasteiger charge is 2.36. The van der Waals surface area contributed by atoms with Crippen LogP contribution in [0.5, 0.6) is 5.75 Å². The molecule has 0 saturated heterocycles. The van der Waals surface area contributed by atoms with E-state index in [1.165, 1.54) is 11.1 Å². The van der Waals surface area contributed by atoms with Crippen molar-refractivity contribution in [1.29, 1.82) is 0 Å². The number of rotatable bonds is 6. The summed E-state index contributed by atoms with van der Waals surface area (Å²) in [5.41, 5.74) is 4.67. The molecule has 2 aromatic carbocycles. The van der Waals surface area contributed by atoms with Gasteiger partial charge in [-0.1, -0.05) is 48.7 Å². The van der Waals surface area contributed by atoms with E-state index < -0.39 is 0 Å². The standard InChI is InChI=1S/C28H36N2O3/c1-19(2)29(4)26(31)18-33-24-13-12-21-14-15-30(28(32)22-9-5-6-10-22)27(25(21)17-24)23-11-7-8-20(3)16-23/h7-8,11-13,16-17,19,22,27H,5-6,9-10,14-15,18H2,1-4H3. The number of hydrogen-bond acceptors (Lipinski definition) is 3. The van der Waals surface area contributed by atoms with Crippen LogP contribution in [-0.4, -0.2) is 47.9 Å². The van der Waals surface area contributed by atoms with Crippen LogP contribution in [-0.2, 0) is 16.0 Å². The van der Waals surface area contributed by atoms with Gasteiger partial charge in [-0.05, 0) is 68.9 Å². The molecule has 1 heterocycles. The van der Waals surface area contributed by atoms with Crippen molar-refractivity contribution in [2.24, 2.45) is 5.92 Å². The van der Waals surface area contributed by atoms with Gasteiger partial charge in [-0.15, -0.1) is 0 Å². The Morgan fingerprint density at radius 3 is 2.58 bits per heavy atom. The zero-order valence-electron chi connectivity index (χ0n) is 20.3. The zero-order valence-corrected chi connectivity index (χ0v) is 20.3. The number of carbonyl (C=O) groups excluding carboxylic acids is 2. The number of benzene rings is 2. The fraction of sp³-hybridized carbons (Fsp3) is 0.500. The molecule has 1 saturated carbocycles. The van der Waals surface area contributed by atoms with E-state index in [1.807, 2.05) is 26.0 Å². The first-order valence-corrected chi connectivity index (χ1v) is 12.2. The molecule has 2 aliphatic rings. The number of nitrogens with zero attached hydrogens (tertiary/aromatic N) is 2. The molecule has 2 amide bonds. The second-order valence-corrected chi connectivity index (χ2v) is 9.83. The Kier molecular flexibility index (Phi) is 7.06. The van der Waals surface area contributed by atoms with E-state index in [9.17, 15) is 9.59 Å². The normalized spacial score (nSPS) is 18.3. The predicted octanol–water partition coefficient (Wildman–Crippen LogP) is 4.90. The van der Waals surface area contributed by atoms with E-state index in [0.717, 1.165) is 49.8 Å². The molecule has 0 N–H and O–H groups in total. The van der Waals surface area contributed by atoms with Crippen molar-refractivity contribution in [1.82, 2.24) is 9.80 Å². The number of aryl methyl sites for hydroxylation is 1. The van der Waals surface area contributed by atoms with E-state index in [1.54, 1.807) is 11.9 Å². The summed E-state index contributed by atoms with van der Waals surface area (Å²) in [4.78, 5) is 29.8. The van der Waals surface area contributed by atoms with Gasteiger partial charge in [-0.25, -0.2) is 0 Å². The SMILES string of the molecule is Cc1cccc(C2c3cc(OCC(=O)N(C)C(C)C)ccc3CCN2C(=O)C2CCCC2)c1. The number of amides is 2. The van der Waals surface area contributed by atoms with E-state index in [4.69, 9.17) is 4.74 Å². The van der Waals surface area contributed by atoms with Crippen molar-refractivity contribution in [3.63, 3.8) is 0 Å². The van der Waals surface area contributed by atoms with Crippen LogP contribution in [0.15, 0.2) is 42.5 Å². The van der Waals surface area contributed by atoms with E-state index in [2.05, 4.69) is 42.2 Å². The lowest BCUT2D eigenvalue weighted by Gasteiger charge is -2.39. The van der Waals surface area contributed by atoms with E-state index in [-0.39, 0.29) is 36.4 Å². The minimum Gasteiger partial charge on any atom is -0.484 e. The first kappa shape index (κ1) is 23.3. The molecule has 0 bridgehead atoms. The van der Waals surface area contributed by atoms with Crippen LogP contribution in [0.3, 0.4) is 0 Å². The molecule has 1 aliphatic heterocycles. The average Bonchev–Trinajstić information content (AvgIpc) is 3.35. The Bertz CT molecular complexity index is 1010. The van der Waals surface area contributed by atoms with Gasteiger partial charge in [0.1, 0.15) is 5.75 Å². The molecule has 5 nitrogen and oxygen atoms in total. The van der Waals surface area contributed by atoms with Gasteiger partial charge in [0.25, 0.3) is 5.91 Å². The van der Waals surface area contributed by atoms with Crippen molar-refractivity contribution in [3.05, 3.63) is 64.7 Å². The Morgan fingerprint density at radius 1 is 1.12 bits per heavy atom. The molecular formula is C28H36N2O3. The highest BCUT2D eigenvalue weighted by Crippen LogP contribution is 2.39. The quantitative estimate of drug-likeness (QED) is 0.631. The molecule has 1 unspecified atom stereocenters. The molecule has 5 heteroatoms. The number of fused-ring (bicyclic) bond motifs is 1. The van der Waals surface area contributed by atoms with Gasteiger partial charge in [0, 0.05) is 25.6 Å². The highest BCUT2D eigenvalue weighted by atomic mass is 16.5. The molecule has 1 fully saturated rings. The van der Waals surface area contributed by atoms with Crippen molar-refractivity contribution < 1.29 is 14.3 Å². The van der Waals surface area contributed by atoms with Crippen molar-refractivity contribution in [2.75, 3.05) is 20.2 Å². The van der Waals surface area contributed by atoms with E-state index >= 15 is 0 Å². The third-order valence-electron chi connectivity index (χ3n) is 7.22. The van der Waals surface area contributed by atoms with Crippen LogP contribution in [0, 0.1) is 12.8 Å². The fourth-order valence-electron chi connectivity index (χ4n) is 5.06. The third kappa shape index (κ3) is 5.07. The average molecular weight is 449 g/mol. The number of ether oxygens (including phenoxy) is 1. The number of carbonyl (C=O) groups is 2. The molecule has 0 radical (unpaired) electrons. The maximum Gasteiger partial charge on any atom is 0.260 e. The Morgan fingerprint density at radius 2 is 1.88 bits per heavy atom. The molecule has 0 spiro atoms. The smallest absolute Gasteiger partial charge is 0.260 e. The van der Waals surface area contributed by atoms with Crippen LogP contribution in [0.1, 0.15) is 67.8 Å². The molecule has 176 valence electrons. The third-order valence-corrected chi connectivity index (χ3v) is 7.22. The topological polar surface area (TPSA) is 49.9 Å². The van der Waals surface area contributed by atoms with Gasteiger partial charge in [0.15, 0.2) is 6.61 Å². The highest BCUT2D eigenvalue weighted by molar-refractivity contribution is 5.81. The Balaban J connectivity index is 1.65. The largest absolute Gasteiger partial charge is 0.484 e. The maximum absolute atomic E-state index is 13.6. The van der Waals surface area contributed by atoms with Crippen molar-refractivity contribution in [2.45, 2.75) is 65.0 Å². The predicted molar refractivity (Wildman–Crippen MR) is 130 cm³/mol. The molecule has 4 rings (SSSR count). The molecule has 1 aliphatic carbocycles. The molecule has 1 atom stereocenters. The molecule has 2 aromatic rings. The van der Waals surface area contributed by atoms with Gasteiger partial charge in [-0.2, -0.15) is 0 Å². The fourth-order valence-corrected chi connectivity index (χ4v) is 5.06. The number of likely N-dealkylation sites (N-methyl/N-ethyl adjacent to an activating group) is 1. The minimum atomic E-state index is -0.126. The van der Waals surface area contributed by atoms with Crippen LogP contribution in [0.4, 0.5) is 0 Å². The van der Waals surface area contributed by atoms with Gasteiger partial charge >= 0.3 is 0 Å². The molecule has 0 aromatic heterocycles. The maximum atomic E-state index is 13.6. The Hall–Kier alpha value is -2.82. The number of hydrogen-bond donors (Lipinski definition) is 0. The summed E-state index contributed by atoms with van der Waals surface area (Å²) >= 11 is 0. The van der Waals surface area contributed by atoms with Crippen LogP contribution < -0.4 is 4.74 Å². The second kappa shape index (κ2) is 9.98. The summed E-state index contributed by atoms with van der Waals surface area (Å²) in [5.74, 6) is 1.05. The van der Waals surface area contributed by atoms with Gasteiger partial charge < -0.3 is 14.5 Å². The summed E-state index contributed by atoms with van der Waals surface area (Å²) in [6, 6.07) is 14.6. The van der Waals surface area contributed by atoms with E-state index in [0.29, 0.717) is 5.75 Å². The molecular weight excluding hydrogens is 412 g/mol. The lowest BCUT2D eigenvalue weighted by molar-refractivity contribution is -0.137. The van der Waals surface area contributed by atoms with Crippen LogP contribution in [0.25, 0.3) is 0 Å². The summed E-state index contributed by atoms with van der Waals surface area (Å²) in [6.45, 7) is 6.80. The molecule has 33 heavy (non-hydrogen) atoms. The first-order valence-electron chi connectivity index (χ1n) is 12.2. The van der Waals surface area contributed by atoms with Crippen LogP contribution >= 0.6 is 0 Å². The first-order chi connectivity index (χ1) is 15.8. The van der Waals surface area contributed by atoms with Crippen molar-refractivity contribution in [3.8, 4) is 5.75 Å². The lowest BCUT2D eigenvalue weighted by atomic mass is 9.86. The summed E-state index contributed by atoms with van der Waals surface area (Å²) < 4.78 is 5.91.